The molecule has 1 aliphatic rings. The summed E-state index contributed by atoms with van der Waals surface area (Å²) in [6, 6.07) is 20.7. The van der Waals surface area contributed by atoms with Gasteiger partial charge in [-0.05, 0) is 36.2 Å². The third kappa shape index (κ3) is 1.71. The summed E-state index contributed by atoms with van der Waals surface area (Å²) in [7, 11) is 0. The lowest BCUT2D eigenvalue weighted by Crippen LogP contribution is -2.03. The Balaban J connectivity index is 1.84. The van der Waals surface area contributed by atoms with Crippen molar-refractivity contribution in [3.63, 3.8) is 0 Å². The minimum Gasteiger partial charge on any atom is -0.310 e. The van der Waals surface area contributed by atoms with Gasteiger partial charge in [0, 0.05) is 16.3 Å². The molecule has 0 amide bonds. The minimum absolute atomic E-state index is 0.888. The van der Waals surface area contributed by atoms with Crippen molar-refractivity contribution in [2.24, 2.45) is 0 Å². The van der Waals surface area contributed by atoms with Crippen LogP contribution in [0.2, 0.25) is 0 Å². The van der Waals surface area contributed by atoms with E-state index in [1.807, 2.05) is 30.3 Å². The first-order valence-corrected chi connectivity index (χ1v) is 7.93. The molecule has 1 N–H and O–H groups in total. The third-order valence-electron chi connectivity index (χ3n) is 3.93. The molecule has 0 saturated heterocycles. The fraction of sp³-hybridized carbons (Fsp3) is 0. The number of rotatable bonds is 0. The maximum Gasteiger partial charge on any atom is 0.146 e. The zero-order chi connectivity index (χ0) is 14.5. The molecule has 1 aliphatic heterocycles. The number of para-hydroxylation sites is 2. The molecule has 0 aliphatic carbocycles. The Labute approximate surface area is 131 Å². The monoisotopic (exact) mass is 301 g/mol. The molecule has 0 atom stereocenters. The smallest absolute Gasteiger partial charge is 0.146 e. The van der Waals surface area contributed by atoms with Gasteiger partial charge in [0.1, 0.15) is 5.82 Å². The summed E-state index contributed by atoms with van der Waals surface area (Å²) < 4.78 is 3.34. The summed E-state index contributed by atoms with van der Waals surface area (Å²) in [6.45, 7) is 0. The Morgan fingerprint density at radius 3 is 2.27 bits per heavy atom. The maximum absolute atomic E-state index is 4.86. The predicted molar refractivity (Wildman–Crippen MR) is 92.0 cm³/mol. The predicted octanol–water partition coefficient (Wildman–Crippen LogP) is 4.88. The second-order valence-electron chi connectivity index (χ2n) is 5.31. The Bertz CT molecular complexity index is 958. The van der Waals surface area contributed by atoms with Gasteiger partial charge in [0.05, 0.1) is 21.6 Å². The largest absolute Gasteiger partial charge is 0.310 e. The number of anilines is 1. The van der Waals surface area contributed by atoms with Crippen LogP contribution in [0.25, 0.3) is 33.1 Å². The highest BCUT2D eigenvalue weighted by atomic mass is 32.2. The summed E-state index contributed by atoms with van der Waals surface area (Å²) in [6.07, 6.45) is 0. The van der Waals surface area contributed by atoms with Gasteiger partial charge in [-0.3, -0.25) is 0 Å². The lowest BCUT2D eigenvalue weighted by Gasteiger charge is -2.20. The van der Waals surface area contributed by atoms with Gasteiger partial charge in [0.2, 0.25) is 0 Å². The van der Waals surface area contributed by atoms with Crippen LogP contribution in [0.15, 0.2) is 65.6 Å². The van der Waals surface area contributed by atoms with Crippen molar-refractivity contribution in [3.05, 3.63) is 60.7 Å². The van der Waals surface area contributed by atoms with Gasteiger partial charge in [0.15, 0.2) is 0 Å². The first-order valence-electron chi connectivity index (χ1n) is 7.11. The summed E-state index contributed by atoms with van der Waals surface area (Å²) in [4.78, 5) is 10.7. The molecule has 0 radical (unpaired) electrons. The number of hydrogen-bond donors (Lipinski definition) is 1. The van der Waals surface area contributed by atoms with Gasteiger partial charge in [-0.25, -0.2) is 9.97 Å². The Morgan fingerprint density at radius 2 is 1.45 bits per heavy atom. The van der Waals surface area contributed by atoms with Crippen LogP contribution in [0.1, 0.15) is 0 Å². The number of fused-ring (bicyclic) bond motifs is 5. The van der Waals surface area contributed by atoms with Crippen molar-refractivity contribution in [2.75, 3.05) is 4.72 Å². The molecule has 4 heteroatoms. The molecule has 104 valence electrons. The second-order valence-corrected chi connectivity index (χ2v) is 6.16. The van der Waals surface area contributed by atoms with Crippen molar-refractivity contribution in [2.45, 2.75) is 4.90 Å². The number of nitrogens with zero attached hydrogens (tertiary/aromatic N) is 2. The molecule has 3 heterocycles. The first-order chi connectivity index (χ1) is 10.9. The SMILES string of the molecule is c1ccc2nc3c(cc2c1)-c1nc2ccccc2cc1SN3. The van der Waals surface area contributed by atoms with E-state index in [1.165, 1.54) is 0 Å². The standard InChI is InChI=1S/C18H11N3S/c1-4-8-15-11(5-1)9-13-17-16(22-21-18(13)20-15)10-12-6-2-3-7-14(12)19-17/h1-10H,(H,20,21). The molecule has 0 saturated carbocycles. The van der Waals surface area contributed by atoms with E-state index in [1.54, 1.807) is 11.9 Å². The second kappa shape index (κ2) is 4.45. The van der Waals surface area contributed by atoms with Crippen LogP contribution < -0.4 is 4.72 Å². The number of pyridine rings is 2. The molecule has 0 unspecified atom stereocenters. The highest BCUT2D eigenvalue weighted by Gasteiger charge is 2.20. The zero-order valence-electron chi connectivity index (χ0n) is 11.6. The quantitative estimate of drug-likeness (QED) is 0.470. The molecule has 22 heavy (non-hydrogen) atoms. The van der Waals surface area contributed by atoms with E-state index in [0.717, 1.165) is 43.8 Å². The highest BCUT2D eigenvalue weighted by molar-refractivity contribution is 8.00. The Kier molecular flexibility index (Phi) is 2.43. The summed E-state index contributed by atoms with van der Waals surface area (Å²) in [5.74, 6) is 0.888. The van der Waals surface area contributed by atoms with Crippen LogP contribution in [0.4, 0.5) is 5.82 Å². The Morgan fingerprint density at radius 1 is 0.773 bits per heavy atom. The van der Waals surface area contributed by atoms with Gasteiger partial charge >= 0.3 is 0 Å². The van der Waals surface area contributed by atoms with E-state index in [2.05, 4.69) is 35.1 Å². The van der Waals surface area contributed by atoms with Crippen LogP contribution >= 0.6 is 11.9 Å². The number of aromatic nitrogens is 2. The molecule has 0 fully saturated rings. The molecule has 5 rings (SSSR count). The van der Waals surface area contributed by atoms with Crippen molar-refractivity contribution >= 4 is 39.6 Å². The van der Waals surface area contributed by atoms with Gasteiger partial charge in [0.25, 0.3) is 0 Å². The van der Waals surface area contributed by atoms with E-state index in [0.29, 0.717) is 0 Å². The van der Waals surface area contributed by atoms with E-state index in [4.69, 9.17) is 9.97 Å². The fourth-order valence-corrected chi connectivity index (χ4v) is 3.65. The number of benzene rings is 2. The zero-order valence-corrected chi connectivity index (χ0v) is 12.4. The molecule has 4 aromatic rings. The van der Waals surface area contributed by atoms with Crippen LogP contribution in [-0.4, -0.2) is 9.97 Å². The average Bonchev–Trinajstić information content (AvgIpc) is 2.58. The molecule has 2 aromatic heterocycles. The van der Waals surface area contributed by atoms with Crippen molar-refractivity contribution in [1.29, 1.82) is 0 Å². The lowest BCUT2D eigenvalue weighted by atomic mass is 10.1. The van der Waals surface area contributed by atoms with Crippen molar-refractivity contribution < 1.29 is 0 Å². The fourth-order valence-electron chi connectivity index (χ4n) is 2.84. The van der Waals surface area contributed by atoms with Crippen LogP contribution in [0.3, 0.4) is 0 Å². The topological polar surface area (TPSA) is 37.8 Å². The first kappa shape index (κ1) is 12.0. The molecule has 2 aromatic carbocycles. The lowest BCUT2D eigenvalue weighted by molar-refractivity contribution is 1.27. The van der Waals surface area contributed by atoms with E-state index in [9.17, 15) is 0 Å². The van der Waals surface area contributed by atoms with Crippen molar-refractivity contribution in [1.82, 2.24) is 9.97 Å². The highest BCUT2D eigenvalue weighted by Crippen LogP contribution is 2.42. The Hall–Kier alpha value is -2.59. The van der Waals surface area contributed by atoms with Gasteiger partial charge in [-0.1, -0.05) is 36.4 Å². The van der Waals surface area contributed by atoms with Gasteiger partial charge < -0.3 is 4.72 Å². The van der Waals surface area contributed by atoms with Crippen molar-refractivity contribution in [3.8, 4) is 11.3 Å². The van der Waals surface area contributed by atoms with Crippen LogP contribution in [0.5, 0.6) is 0 Å². The normalized spacial score (nSPS) is 12.7. The maximum atomic E-state index is 4.86. The molecule has 0 spiro atoms. The van der Waals surface area contributed by atoms with E-state index < -0.39 is 0 Å². The van der Waals surface area contributed by atoms with Crippen LogP contribution in [-0.2, 0) is 0 Å². The number of hydrogen-bond acceptors (Lipinski definition) is 4. The van der Waals surface area contributed by atoms with E-state index >= 15 is 0 Å². The van der Waals surface area contributed by atoms with E-state index in [-0.39, 0.29) is 0 Å². The summed E-state index contributed by atoms with van der Waals surface area (Å²) in [5, 5.41) is 2.30. The number of nitrogens with one attached hydrogen (secondary N) is 1. The average molecular weight is 301 g/mol. The summed E-state index contributed by atoms with van der Waals surface area (Å²) in [5.41, 5.74) is 4.09. The molecule has 0 bridgehead atoms. The van der Waals surface area contributed by atoms with Gasteiger partial charge in [-0.15, -0.1) is 0 Å². The third-order valence-corrected chi connectivity index (χ3v) is 4.75. The molecular weight excluding hydrogens is 290 g/mol. The minimum atomic E-state index is 0.888. The van der Waals surface area contributed by atoms with Gasteiger partial charge in [-0.2, -0.15) is 0 Å². The summed E-state index contributed by atoms with van der Waals surface area (Å²) >= 11 is 1.58. The van der Waals surface area contributed by atoms with Crippen LogP contribution in [0, 0.1) is 0 Å². The molecular formula is C18H11N3S. The molecule has 3 nitrogen and oxygen atoms in total.